The maximum atomic E-state index is 15.3. The summed E-state index contributed by atoms with van der Waals surface area (Å²) in [7, 11) is 0. The molecule has 2 atom stereocenters. The van der Waals surface area contributed by atoms with Crippen LogP contribution >= 0.6 is 0 Å². The van der Waals surface area contributed by atoms with Gasteiger partial charge in [-0.3, -0.25) is 14.3 Å². The highest BCUT2D eigenvalue weighted by molar-refractivity contribution is 7.92. The maximum absolute atomic E-state index is 15.3. The quantitative estimate of drug-likeness (QED) is 0.158. The van der Waals surface area contributed by atoms with E-state index in [9.17, 15) is 9.35 Å². The van der Waals surface area contributed by atoms with Crippen LogP contribution in [-0.2, 0) is 17.7 Å². The average Bonchev–Trinajstić information content (AvgIpc) is 3.54. The molecule has 0 bridgehead atoms. The fourth-order valence-corrected chi connectivity index (χ4v) is 6.26. The van der Waals surface area contributed by atoms with Gasteiger partial charge in [0.2, 0.25) is 5.95 Å². The van der Waals surface area contributed by atoms with Crippen LogP contribution in [0, 0.1) is 5.82 Å². The Labute approximate surface area is 257 Å². The first-order valence-electron chi connectivity index (χ1n) is 14.5. The molecular formula is C32H33FN8O2S. The largest absolute Gasteiger partial charge is 0.611 e. The van der Waals surface area contributed by atoms with Crippen LogP contribution in [0.2, 0.25) is 0 Å². The molecule has 0 saturated carbocycles. The summed E-state index contributed by atoms with van der Waals surface area (Å²) in [6, 6.07) is 17.9. The van der Waals surface area contributed by atoms with Crippen molar-refractivity contribution in [3.8, 4) is 0 Å². The molecule has 5 aromatic rings. The van der Waals surface area contributed by atoms with Crippen LogP contribution in [0.25, 0.3) is 11.0 Å². The maximum Gasteiger partial charge on any atom is 0.276 e. The SMILES string of the molecule is CC(C)[S+]([O-])c1cccc(F)c1Cn1c(=O)c(Nc2cccnc2)cc2cnc(Nc3ccc(NC4CCNC4)cc3)nc21. The molecule has 2 unspecified atom stereocenters. The number of fused-ring (bicyclic) bond motifs is 1. The summed E-state index contributed by atoms with van der Waals surface area (Å²) in [5.41, 5.74) is 2.71. The molecule has 4 N–H and O–H groups in total. The molecule has 0 aliphatic carbocycles. The standard InChI is InChI=1S/C32H33FN8O2S/c1-20(2)44(43)29-7-3-6-27(33)26(29)19-41-30-21(15-28(31(41)42)38-24-5-4-13-34-17-24)16-36-32(40-30)39-23-10-8-22(9-11-23)37-25-12-14-35-18-25/h3-11,13,15-17,20,25,35,37-38H,12,14,18-19H2,1-2H3,(H,36,39,40). The first-order valence-corrected chi connectivity index (χ1v) is 15.7. The van der Waals surface area contributed by atoms with Crippen molar-refractivity contribution in [1.29, 1.82) is 0 Å². The van der Waals surface area contributed by atoms with Gasteiger partial charge in [0, 0.05) is 41.7 Å². The molecule has 1 saturated heterocycles. The van der Waals surface area contributed by atoms with E-state index in [4.69, 9.17) is 4.98 Å². The first kappa shape index (κ1) is 29.5. The number of rotatable bonds is 10. The molecule has 3 aromatic heterocycles. The highest BCUT2D eigenvalue weighted by Gasteiger charge is 2.24. The molecule has 0 spiro atoms. The van der Waals surface area contributed by atoms with Gasteiger partial charge >= 0.3 is 0 Å². The fourth-order valence-electron chi connectivity index (χ4n) is 5.13. The summed E-state index contributed by atoms with van der Waals surface area (Å²) in [6.45, 7) is 5.39. The third-order valence-corrected chi connectivity index (χ3v) is 9.05. The van der Waals surface area contributed by atoms with Gasteiger partial charge in [-0.2, -0.15) is 4.98 Å². The van der Waals surface area contributed by atoms with Gasteiger partial charge in [-0.1, -0.05) is 6.07 Å². The number of aromatic nitrogens is 4. The van der Waals surface area contributed by atoms with E-state index >= 15 is 4.39 Å². The van der Waals surface area contributed by atoms with Crippen LogP contribution in [0.5, 0.6) is 0 Å². The fraction of sp³-hybridized carbons (Fsp3) is 0.250. The lowest BCUT2D eigenvalue weighted by Gasteiger charge is -2.19. The second kappa shape index (κ2) is 13.0. The van der Waals surface area contributed by atoms with E-state index in [2.05, 4.69) is 31.2 Å². The van der Waals surface area contributed by atoms with Crippen LogP contribution in [0.4, 0.5) is 33.1 Å². The van der Waals surface area contributed by atoms with Crippen molar-refractivity contribution in [1.82, 2.24) is 24.8 Å². The van der Waals surface area contributed by atoms with E-state index in [0.717, 1.165) is 30.9 Å². The van der Waals surface area contributed by atoms with Crippen LogP contribution in [0.15, 0.2) is 88.9 Å². The first-order chi connectivity index (χ1) is 21.4. The lowest BCUT2D eigenvalue weighted by atomic mass is 10.2. The molecule has 226 valence electrons. The summed E-state index contributed by atoms with van der Waals surface area (Å²) in [6.07, 6.45) is 5.93. The number of pyridine rings is 2. The van der Waals surface area contributed by atoms with Gasteiger partial charge in [0.05, 0.1) is 24.0 Å². The van der Waals surface area contributed by atoms with Crippen LogP contribution in [-0.4, -0.2) is 48.5 Å². The third-order valence-electron chi connectivity index (χ3n) is 7.38. The number of benzene rings is 2. The average molecular weight is 613 g/mol. The molecule has 1 aliphatic rings. The molecule has 1 fully saturated rings. The molecule has 12 heteroatoms. The van der Waals surface area contributed by atoms with Gasteiger partial charge < -0.3 is 25.8 Å². The smallest absolute Gasteiger partial charge is 0.276 e. The Bertz CT molecular complexity index is 1810. The molecule has 0 amide bonds. The number of hydrogen-bond acceptors (Lipinski definition) is 9. The molecule has 1 aliphatic heterocycles. The minimum Gasteiger partial charge on any atom is -0.611 e. The zero-order valence-electron chi connectivity index (χ0n) is 24.4. The van der Waals surface area contributed by atoms with Gasteiger partial charge in [0.1, 0.15) is 22.4 Å². The Morgan fingerprint density at radius 3 is 2.61 bits per heavy atom. The van der Waals surface area contributed by atoms with Gasteiger partial charge in [-0.15, -0.1) is 0 Å². The molecular weight excluding hydrogens is 579 g/mol. The molecule has 6 rings (SSSR count). The van der Waals surface area contributed by atoms with Gasteiger partial charge in [0.15, 0.2) is 4.90 Å². The van der Waals surface area contributed by atoms with Crippen molar-refractivity contribution in [2.24, 2.45) is 0 Å². The van der Waals surface area contributed by atoms with Crippen LogP contribution in [0.3, 0.4) is 0 Å². The van der Waals surface area contributed by atoms with Gasteiger partial charge in [0.25, 0.3) is 5.56 Å². The van der Waals surface area contributed by atoms with Gasteiger partial charge in [-0.05, 0) is 92.6 Å². The van der Waals surface area contributed by atoms with Crippen molar-refractivity contribution in [3.63, 3.8) is 0 Å². The molecule has 44 heavy (non-hydrogen) atoms. The second-order valence-electron chi connectivity index (χ2n) is 10.9. The number of nitrogens with one attached hydrogen (secondary N) is 4. The van der Waals surface area contributed by atoms with E-state index < -0.39 is 22.6 Å². The van der Waals surface area contributed by atoms with Crippen molar-refractivity contribution in [2.75, 3.05) is 29.0 Å². The highest BCUT2D eigenvalue weighted by atomic mass is 32.2. The molecule has 2 aromatic carbocycles. The summed E-state index contributed by atoms with van der Waals surface area (Å²) in [5.74, 6) is -0.268. The van der Waals surface area contributed by atoms with E-state index in [1.165, 1.54) is 16.7 Å². The predicted octanol–water partition coefficient (Wildman–Crippen LogP) is 5.15. The number of halogens is 1. The van der Waals surface area contributed by atoms with Gasteiger partial charge in [-0.25, -0.2) is 9.37 Å². The van der Waals surface area contributed by atoms with Crippen molar-refractivity contribution >= 4 is 50.9 Å². The number of hydrogen-bond donors (Lipinski definition) is 4. The van der Waals surface area contributed by atoms with Crippen LogP contribution < -0.4 is 26.8 Å². The van der Waals surface area contributed by atoms with Crippen molar-refractivity contribution < 1.29 is 8.94 Å². The Kier molecular flexibility index (Phi) is 8.73. The van der Waals surface area contributed by atoms with E-state index in [-0.39, 0.29) is 29.0 Å². The second-order valence-corrected chi connectivity index (χ2v) is 12.9. The molecule has 10 nitrogen and oxygen atoms in total. The Morgan fingerprint density at radius 1 is 1.07 bits per heavy atom. The normalized spacial score (nSPS) is 15.4. The third kappa shape index (κ3) is 6.52. The highest BCUT2D eigenvalue weighted by Crippen LogP contribution is 2.26. The molecule has 0 radical (unpaired) electrons. The van der Waals surface area contributed by atoms with E-state index in [1.807, 2.05) is 38.1 Å². The minimum absolute atomic E-state index is 0.175. The topological polar surface area (TPSA) is 132 Å². The Hall–Kier alpha value is -4.52. The summed E-state index contributed by atoms with van der Waals surface area (Å²) < 4.78 is 29.9. The monoisotopic (exact) mass is 612 g/mol. The predicted molar refractivity (Wildman–Crippen MR) is 173 cm³/mol. The number of anilines is 5. The Morgan fingerprint density at radius 2 is 1.89 bits per heavy atom. The summed E-state index contributed by atoms with van der Waals surface area (Å²) >= 11 is -1.48. The summed E-state index contributed by atoms with van der Waals surface area (Å²) in [5, 5.41) is 13.5. The zero-order chi connectivity index (χ0) is 30.6. The van der Waals surface area contributed by atoms with Crippen LogP contribution in [0.1, 0.15) is 25.8 Å². The lowest BCUT2D eigenvalue weighted by Crippen LogP contribution is -2.26. The van der Waals surface area contributed by atoms with Crippen molar-refractivity contribution in [2.45, 2.75) is 43.0 Å². The van der Waals surface area contributed by atoms with Crippen molar-refractivity contribution in [3.05, 3.63) is 101 Å². The molecule has 4 heterocycles. The lowest BCUT2D eigenvalue weighted by molar-refractivity contribution is 0.569. The Balaban J connectivity index is 1.38. The number of nitrogens with zero attached hydrogens (tertiary/aromatic N) is 4. The minimum atomic E-state index is -1.48. The summed E-state index contributed by atoms with van der Waals surface area (Å²) in [4.78, 5) is 27.6. The van der Waals surface area contributed by atoms with E-state index in [1.54, 1.807) is 42.9 Å². The zero-order valence-corrected chi connectivity index (χ0v) is 25.2. The van der Waals surface area contributed by atoms with E-state index in [0.29, 0.717) is 27.7 Å².